The number of nitrogens with one attached hydrogen (secondary N) is 1. The van der Waals surface area contributed by atoms with Gasteiger partial charge in [-0.15, -0.1) is 11.8 Å². The molecule has 0 saturated heterocycles. The van der Waals surface area contributed by atoms with Gasteiger partial charge in [-0.1, -0.05) is 30.3 Å². The number of carbonyl (C=O) groups excluding carboxylic acids is 1. The summed E-state index contributed by atoms with van der Waals surface area (Å²) in [7, 11) is -0.427. The van der Waals surface area contributed by atoms with E-state index in [2.05, 4.69) is 5.32 Å². The van der Waals surface area contributed by atoms with E-state index in [1.807, 2.05) is 30.3 Å². The van der Waals surface area contributed by atoms with Crippen LogP contribution in [0.15, 0.2) is 64.4 Å². The van der Waals surface area contributed by atoms with E-state index in [0.29, 0.717) is 19.7 Å². The lowest BCUT2D eigenvalue weighted by Gasteiger charge is -2.17. The number of nitrogens with zero attached hydrogens (tertiary/aromatic N) is 1. The summed E-state index contributed by atoms with van der Waals surface area (Å²) in [5.41, 5.74) is 0.926. The average molecular weight is 409 g/mol. The number of hydrogen-bond acceptors (Lipinski definition) is 5. The Labute approximate surface area is 165 Å². The van der Waals surface area contributed by atoms with E-state index in [4.69, 9.17) is 4.74 Å². The van der Waals surface area contributed by atoms with Crippen LogP contribution in [0.25, 0.3) is 0 Å². The Kier molecular flexibility index (Phi) is 8.30. The number of carbonyl (C=O) groups is 1. The van der Waals surface area contributed by atoms with Crippen LogP contribution in [0, 0.1) is 0 Å². The monoisotopic (exact) mass is 408 g/mol. The molecule has 8 heteroatoms. The Hall–Kier alpha value is -1.87. The zero-order valence-electron chi connectivity index (χ0n) is 15.4. The molecule has 0 saturated carbocycles. The minimum absolute atomic E-state index is 0.0867. The molecule has 0 spiro atoms. The molecule has 146 valence electrons. The molecule has 2 rings (SSSR count). The normalized spacial score (nSPS) is 11.5. The van der Waals surface area contributed by atoms with Gasteiger partial charge < -0.3 is 10.1 Å². The van der Waals surface area contributed by atoms with E-state index in [1.54, 1.807) is 38.4 Å². The Morgan fingerprint density at radius 2 is 1.78 bits per heavy atom. The second-order valence-electron chi connectivity index (χ2n) is 5.85. The van der Waals surface area contributed by atoms with Crippen LogP contribution in [0.3, 0.4) is 0 Å². The third-order valence-electron chi connectivity index (χ3n) is 3.78. The van der Waals surface area contributed by atoms with Crippen molar-refractivity contribution in [1.82, 2.24) is 9.62 Å². The molecule has 27 heavy (non-hydrogen) atoms. The molecule has 0 aromatic heterocycles. The third-order valence-corrected chi connectivity index (χ3v) is 6.61. The van der Waals surface area contributed by atoms with Crippen LogP contribution in [-0.2, 0) is 26.1 Å². The standard InChI is InChI=1S/C19H24N2O4S2/c1-21(14-16-6-4-3-5-7-16)27(23,24)18-10-8-17(9-11-18)26-15-19(22)20-12-13-25-2/h3-11H,12-15H2,1-2H3,(H,20,22). The lowest BCUT2D eigenvalue weighted by molar-refractivity contribution is -0.118. The molecule has 0 bridgehead atoms. The van der Waals surface area contributed by atoms with E-state index >= 15 is 0 Å². The lowest BCUT2D eigenvalue weighted by Crippen LogP contribution is -2.28. The first-order chi connectivity index (χ1) is 12.9. The molecule has 2 aromatic rings. The van der Waals surface area contributed by atoms with Gasteiger partial charge in [-0.2, -0.15) is 4.31 Å². The van der Waals surface area contributed by atoms with Gasteiger partial charge in [-0.25, -0.2) is 8.42 Å². The first kappa shape index (κ1) is 21.4. The molecule has 0 radical (unpaired) electrons. The molecular weight excluding hydrogens is 384 g/mol. The molecule has 0 fully saturated rings. The summed E-state index contributed by atoms with van der Waals surface area (Å²) in [4.78, 5) is 12.8. The van der Waals surface area contributed by atoms with Crippen molar-refractivity contribution in [3.05, 3.63) is 60.2 Å². The molecule has 1 amide bonds. The van der Waals surface area contributed by atoms with Gasteiger partial charge in [0.2, 0.25) is 15.9 Å². The Morgan fingerprint density at radius 1 is 1.11 bits per heavy atom. The van der Waals surface area contributed by atoms with Crippen LogP contribution in [0.2, 0.25) is 0 Å². The number of benzene rings is 2. The Morgan fingerprint density at radius 3 is 2.41 bits per heavy atom. The predicted molar refractivity (Wildman–Crippen MR) is 107 cm³/mol. The highest BCUT2D eigenvalue weighted by molar-refractivity contribution is 8.00. The minimum Gasteiger partial charge on any atom is -0.383 e. The molecule has 1 N–H and O–H groups in total. The van der Waals surface area contributed by atoms with E-state index < -0.39 is 10.0 Å². The topological polar surface area (TPSA) is 75.7 Å². The molecule has 0 aliphatic rings. The maximum atomic E-state index is 12.7. The molecule has 0 aliphatic carbocycles. The highest BCUT2D eigenvalue weighted by Gasteiger charge is 2.20. The van der Waals surface area contributed by atoms with E-state index in [0.717, 1.165) is 10.5 Å². The number of ether oxygens (including phenoxy) is 1. The van der Waals surface area contributed by atoms with Crippen LogP contribution >= 0.6 is 11.8 Å². The lowest BCUT2D eigenvalue weighted by atomic mass is 10.2. The predicted octanol–water partition coefficient (Wildman–Crippen LogP) is 2.36. The smallest absolute Gasteiger partial charge is 0.243 e. The second kappa shape index (κ2) is 10.5. The van der Waals surface area contributed by atoms with Gasteiger partial charge in [0.25, 0.3) is 0 Å². The number of rotatable bonds is 10. The summed E-state index contributed by atoms with van der Waals surface area (Å²) in [5.74, 6) is 0.181. The number of hydrogen-bond donors (Lipinski definition) is 1. The summed E-state index contributed by atoms with van der Waals surface area (Å²) in [6, 6.07) is 16.0. The van der Waals surface area contributed by atoms with Crippen LogP contribution in [0.4, 0.5) is 0 Å². The highest BCUT2D eigenvalue weighted by atomic mass is 32.2. The molecule has 6 nitrogen and oxygen atoms in total. The van der Waals surface area contributed by atoms with Crippen molar-refractivity contribution in [2.45, 2.75) is 16.3 Å². The van der Waals surface area contributed by atoms with Crippen molar-refractivity contribution in [2.24, 2.45) is 0 Å². The van der Waals surface area contributed by atoms with Gasteiger partial charge >= 0.3 is 0 Å². The third kappa shape index (κ3) is 6.66. The highest BCUT2D eigenvalue weighted by Crippen LogP contribution is 2.22. The fourth-order valence-electron chi connectivity index (χ4n) is 2.31. The first-order valence-corrected chi connectivity index (χ1v) is 10.8. The van der Waals surface area contributed by atoms with Gasteiger partial charge in [-0.05, 0) is 29.8 Å². The summed E-state index contributed by atoms with van der Waals surface area (Å²) >= 11 is 1.36. The number of thioether (sulfide) groups is 1. The largest absolute Gasteiger partial charge is 0.383 e. The van der Waals surface area contributed by atoms with Crippen LogP contribution < -0.4 is 5.32 Å². The molecular formula is C19H24N2O4S2. The van der Waals surface area contributed by atoms with Gasteiger partial charge in [0, 0.05) is 32.1 Å². The molecule has 0 atom stereocenters. The van der Waals surface area contributed by atoms with E-state index in [9.17, 15) is 13.2 Å². The van der Waals surface area contributed by atoms with Crippen molar-refractivity contribution in [2.75, 3.05) is 33.1 Å². The Bertz CT molecular complexity index is 825. The van der Waals surface area contributed by atoms with Crippen LogP contribution in [-0.4, -0.2) is 51.7 Å². The molecule has 0 aliphatic heterocycles. The van der Waals surface area contributed by atoms with Crippen molar-refractivity contribution in [3.63, 3.8) is 0 Å². The summed E-state index contributed by atoms with van der Waals surface area (Å²) in [6.07, 6.45) is 0. The van der Waals surface area contributed by atoms with Crippen molar-refractivity contribution < 1.29 is 17.9 Å². The summed E-state index contributed by atoms with van der Waals surface area (Å²) < 4.78 is 31.6. The first-order valence-electron chi connectivity index (χ1n) is 8.42. The number of amides is 1. The Balaban J connectivity index is 1.93. The molecule has 2 aromatic carbocycles. The van der Waals surface area contributed by atoms with Gasteiger partial charge in [0.15, 0.2) is 0 Å². The zero-order chi connectivity index (χ0) is 19.7. The maximum Gasteiger partial charge on any atom is 0.243 e. The fourth-order valence-corrected chi connectivity index (χ4v) is 4.19. The molecule has 0 unspecified atom stereocenters. The minimum atomic E-state index is -3.57. The van der Waals surface area contributed by atoms with Crippen molar-refractivity contribution in [1.29, 1.82) is 0 Å². The maximum absolute atomic E-state index is 12.7. The van der Waals surface area contributed by atoms with E-state index in [-0.39, 0.29) is 16.6 Å². The quantitative estimate of drug-likeness (QED) is 0.482. The van der Waals surface area contributed by atoms with Gasteiger partial charge in [0.1, 0.15) is 0 Å². The van der Waals surface area contributed by atoms with Crippen molar-refractivity contribution >= 4 is 27.7 Å². The zero-order valence-corrected chi connectivity index (χ0v) is 17.1. The number of sulfonamides is 1. The van der Waals surface area contributed by atoms with Crippen molar-refractivity contribution in [3.8, 4) is 0 Å². The van der Waals surface area contributed by atoms with Crippen LogP contribution in [0.1, 0.15) is 5.56 Å². The summed E-state index contributed by atoms with van der Waals surface area (Å²) in [5, 5.41) is 2.74. The van der Waals surface area contributed by atoms with Gasteiger partial charge in [-0.3, -0.25) is 4.79 Å². The van der Waals surface area contributed by atoms with Crippen LogP contribution in [0.5, 0.6) is 0 Å². The SMILES string of the molecule is COCCNC(=O)CSc1ccc(S(=O)(=O)N(C)Cc2ccccc2)cc1. The average Bonchev–Trinajstić information content (AvgIpc) is 2.67. The summed E-state index contributed by atoms with van der Waals surface area (Å²) in [6.45, 7) is 1.25. The number of methoxy groups -OCH3 is 1. The molecule has 0 heterocycles. The second-order valence-corrected chi connectivity index (χ2v) is 8.94. The van der Waals surface area contributed by atoms with E-state index in [1.165, 1.54) is 16.1 Å². The fraction of sp³-hybridized carbons (Fsp3) is 0.316. The van der Waals surface area contributed by atoms with Gasteiger partial charge in [0.05, 0.1) is 17.3 Å².